The second-order valence-corrected chi connectivity index (χ2v) is 4.43. The maximum absolute atomic E-state index is 5.53. The molecule has 6 heteroatoms. The number of hydrogen-bond acceptors (Lipinski definition) is 3. The average molecular weight is 311 g/mol. The number of hydrogen-bond donors (Lipinski definition) is 0. The minimum Gasteiger partial charge on any atom is -0.355 e. The number of aromatic nitrogens is 3. The van der Waals surface area contributed by atoms with Gasteiger partial charge in [-0.05, 0) is 51.1 Å². The van der Waals surface area contributed by atoms with E-state index in [0.29, 0.717) is 0 Å². The Kier molecular flexibility index (Phi) is 3.00. The molecule has 1 aromatic heterocycles. The van der Waals surface area contributed by atoms with Crippen LogP contribution in [0.15, 0.2) is 9.21 Å². The van der Waals surface area contributed by atoms with E-state index in [9.17, 15) is 0 Å². The maximum atomic E-state index is 5.53. The largest absolute Gasteiger partial charge is 0.355 e. The van der Waals surface area contributed by atoms with Gasteiger partial charge in [-0.3, -0.25) is 0 Å². The van der Waals surface area contributed by atoms with Gasteiger partial charge in [0.2, 0.25) is 0 Å². The van der Waals surface area contributed by atoms with E-state index in [4.69, 9.17) is 4.74 Å². The Labute approximate surface area is 92.9 Å². The van der Waals surface area contributed by atoms with Crippen molar-refractivity contribution in [3.63, 3.8) is 0 Å². The zero-order valence-electron chi connectivity index (χ0n) is 6.91. The Bertz CT molecular complexity index is 276. The topological polar surface area (TPSA) is 39.9 Å². The van der Waals surface area contributed by atoms with Crippen molar-refractivity contribution >= 4 is 31.9 Å². The molecule has 1 fully saturated rings. The summed E-state index contributed by atoms with van der Waals surface area (Å²) in [6, 6.07) is 0. The third-order valence-corrected chi connectivity index (χ3v) is 3.56. The Hall–Kier alpha value is 0.0600. The molecule has 2 heterocycles. The number of nitrogens with zero attached hydrogens (tertiary/aromatic N) is 3. The molecule has 1 aliphatic rings. The van der Waals surface area contributed by atoms with Gasteiger partial charge >= 0.3 is 0 Å². The van der Waals surface area contributed by atoms with Gasteiger partial charge in [-0.25, -0.2) is 0 Å². The summed E-state index contributed by atoms with van der Waals surface area (Å²) in [5, 5.41) is 8.37. The minimum atomic E-state index is 0.0105. The fourth-order valence-electron chi connectivity index (χ4n) is 1.32. The van der Waals surface area contributed by atoms with Crippen LogP contribution < -0.4 is 0 Å². The lowest BCUT2D eigenvalue weighted by Crippen LogP contribution is -2.20. The Morgan fingerprint density at radius 3 is 2.46 bits per heavy atom. The summed E-state index contributed by atoms with van der Waals surface area (Å²) in [6.45, 7) is 0.807. The van der Waals surface area contributed by atoms with Crippen LogP contribution in [0.25, 0.3) is 0 Å². The van der Waals surface area contributed by atoms with Crippen LogP contribution in [0.3, 0.4) is 0 Å². The Morgan fingerprint density at radius 2 is 1.92 bits per heavy atom. The summed E-state index contributed by atoms with van der Waals surface area (Å²) in [5.74, 6) is 0. The van der Waals surface area contributed by atoms with E-state index in [0.717, 1.165) is 28.7 Å². The second kappa shape index (κ2) is 4.06. The van der Waals surface area contributed by atoms with E-state index in [2.05, 4.69) is 42.1 Å². The molecule has 1 saturated heterocycles. The van der Waals surface area contributed by atoms with E-state index >= 15 is 0 Å². The predicted octanol–water partition coefficient (Wildman–Crippen LogP) is 2.50. The molecule has 4 nitrogen and oxygen atoms in total. The Balaban J connectivity index is 2.14. The van der Waals surface area contributed by atoms with Crippen molar-refractivity contribution in [3.05, 3.63) is 9.21 Å². The molecular formula is C7H9Br2N3O. The fourth-order valence-corrected chi connectivity index (χ4v) is 1.80. The van der Waals surface area contributed by atoms with Crippen molar-refractivity contribution in [2.45, 2.75) is 25.5 Å². The predicted molar refractivity (Wildman–Crippen MR) is 54.3 cm³/mol. The highest BCUT2D eigenvalue weighted by molar-refractivity contribution is 9.13. The fraction of sp³-hybridized carbons (Fsp3) is 0.714. The van der Waals surface area contributed by atoms with Gasteiger partial charge in [0.15, 0.2) is 15.4 Å². The highest BCUT2D eigenvalue weighted by Crippen LogP contribution is 2.24. The smallest absolute Gasteiger partial charge is 0.169 e. The normalized spacial score (nSPS) is 23.4. The monoisotopic (exact) mass is 309 g/mol. The number of rotatable bonds is 1. The first-order valence-corrected chi connectivity index (χ1v) is 5.75. The van der Waals surface area contributed by atoms with Gasteiger partial charge < -0.3 is 4.74 Å². The van der Waals surface area contributed by atoms with Crippen LogP contribution >= 0.6 is 31.9 Å². The van der Waals surface area contributed by atoms with E-state index in [-0.39, 0.29) is 6.23 Å². The summed E-state index contributed by atoms with van der Waals surface area (Å²) in [7, 11) is 0. The second-order valence-electron chi connectivity index (χ2n) is 2.92. The third kappa shape index (κ3) is 2.11. The molecule has 1 aromatic rings. The van der Waals surface area contributed by atoms with Crippen molar-refractivity contribution in [1.29, 1.82) is 0 Å². The van der Waals surface area contributed by atoms with Gasteiger partial charge in [0.1, 0.15) is 0 Å². The molecule has 13 heavy (non-hydrogen) atoms. The molecular weight excluding hydrogens is 302 g/mol. The minimum absolute atomic E-state index is 0.0105. The standard InChI is InChI=1S/C7H9Br2N3O/c8-6-7(9)11-12(10-6)5-3-1-2-4-13-5/h5H,1-4H2. The molecule has 0 spiro atoms. The lowest BCUT2D eigenvalue weighted by molar-refractivity contribution is -0.0483. The first kappa shape index (κ1) is 9.61. The zero-order chi connectivity index (χ0) is 9.26. The van der Waals surface area contributed by atoms with Gasteiger partial charge in [0, 0.05) is 6.61 Å². The van der Waals surface area contributed by atoms with Crippen LogP contribution in [-0.2, 0) is 4.74 Å². The summed E-state index contributed by atoms with van der Waals surface area (Å²) < 4.78 is 6.98. The molecule has 72 valence electrons. The van der Waals surface area contributed by atoms with Crippen molar-refractivity contribution in [3.8, 4) is 0 Å². The van der Waals surface area contributed by atoms with E-state index < -0.39 is 0 Å². The quantitative estimate of drug-likeness (QED) is 0.800. The van der Waals surface area contributed by atoms with Crippen LogP contribution in [0.5, 0.6) is 0 Å². The molecule has 2 rings (SSSR count). The molecule has 0 N–H and O–H groups in total. The van der Waals surface area contributed by atoms with Crippen molar-refractivity contribution in [2.24, 2.45) is 0 Å². The van der Waals surface area contributed by atoms with Gasteiger partial charge in [0.05, 0.1) is 0 Å². The van der Waals surface area contributed by atoms with E-state index in [1.165, 1.54) is 6.42 Å². The summed E-state index contributed by atoms with van der Waals surface area (Å²) >= 11 is 6.57. The van der Waals surface area contributed by atoms with Crippen LogP contribution in [0.4, 0.5) is 0 Å². The first-order valence-electron chi connectivity index (χ1n) is 4.17. The molecule has 0 aromatic carbocycles. The SMILES string of the molecule is Brc1nn(C2CCCCO2)nc1Br. The van der Waals surface area contributed by atoms with Crippen LogP contribution in [0, 0.1) is 0 Å². The summed E-state index contributed by atoms with van der Waals surface area (Å²) in [5.41, 5.74) is 0. The lowest BCUT2D eigenvalue weighted by Gasteiger charge is -2.21. The molecule has 0 saturated carbocycles. The number of halogens is 2. The third-order valence-electron chi connectivity index (χ3n) is 1.96. The average Bonchev–Trinajstić information content (AvgIpc) is 2.49. The summed E-state index contributed by atoms with van der Waals surface area (Å²) in [4.78, 5) is 1.62. The highest BCUT2D eigenvalue weighted by Gasteiger charge is 2.18. The van der Waals surface area contributed by atoms with Gasteiger partial charge in [-0.1, -0.05) is 0 Å². The van der Waals surface area contributed by atoms with E-state index in [1.54, 1.807) is 4.80 Å². The molecule has 0 amide bonds. The van der Waals surface area contributed by atoms with Crippen LogP contribution in [-0.4, -0.2) is 21.6 Å². The van der Waals surface area contributed by atoms with Gasteiger partial charge in [-0.15, -0.1) is 10.2 Å². The molecule has 1 atom stereocenters. The zero-order valence-corrected chi connectivity index (χ0v) is 10.1. The van der Waals surface area contributed by atoms with E-state index in [1.807, 2.05) is 0 Å². The van der Waals surface area contributed by atoms with Crippen LogP contribution in [0.1, 0.15) is 25.5 Å². The molecule has 0 radical (unpaired) electrons. The molecule has 1 aliphatic heterocycles. The molecule has 0 bridgehead atoms. The first-order chi connectivity index (χ1) is 6.27. The van der Waals surface area contributed by atoms with Crippen molar-refractivity contribution in [1.82, 2.24) is 15.0 Å². The molecule has 0 aliphatic carbocycles. The highest BCUT2D eigenvalue weighted by atomic mass is 79.9. The van der Waals surface area contributed by atoms with Gasteiger partial charge in [0.25, 0.3) is 0 Å². The Morgan fingerprint density at radius 1 is 1.23 bits per heavy atom. The van der Waals surface area contributed by atoms with Gasteiger partial charge in [-0.2, -0.15) is 4.80 Å². The lowest BCUT2D eigenvalue weighted by atomic mass is 10.2. The van der Waals surface area contributed by atoms with Crippen molar-refractivity contribution in [2.75, 3.05) is 6.61 Å². The van der Waals surface area contributed by atoms with Crippen molar-refractivity contribution < 1.29 is 4.74 Å². The maximum Gasteiger partial charge on any atom is 0.169 e. The summed E-state index contributed by atoms with van der Waals surface area (Å²) in [6.07, 6.45) is 3.33. The molecule has 1 unspecified atom stereocenters. The number of ether oxygens (including phenoxy) is 1. The van der Waals surface area contributed by atoms with Crippen LogP contribution in [0.2, 0.25) is 0 Å².